The lowest BCUT2D eigenvalue weighted by atomic mass is 10.0. The molecule has 6 heteroatoms. The molecule has 2 aromatic carbocycles. The number of benzene rings is 2. The lowest BCUT2D eigenvalue weighted by Gasteiger charge is -2.25. The van der Waals surface area contributed by atoms with E-state index in [-0.39, 0.29) is 5.82 Å². The number of nitrogens with zero attached hydrogens (tertiary/aromatic N) is 5. The third-order valence-corrected chi connectivity index (χ3v) is 5.26. The van der Waals surface area contributed by atoms with Gasteiger partial charge in [0, 0.05) is 42.8 Å². The van der Waals surface area contributed by atoms with Gasteiger partial charge in [0.2, 0.25) is 0 Å². The van der Waals surface area contributed by atoms with Gasteiger partial charge in [0.05, 0.1) is 0 Å². The average molecular weight is 373 g/mol. The summed E-state index contributed by atoms with van der Waals surface area (Å²) >= 11 is 0. The molecular weight excluding hydrogens is 353 g/mol. The van der Waals surface area contributed by atoms with Gasteiger partial charge in [-0.1, -0.05) is 6.07 Å². The molecule has 0 N–H and O–H groups in total. The minimum atomic E-state index is -0.213. The molecule has 0 atom stereocenters. The van der Waals surface area contributed by atoms with Crippen molar-refractivity contribution in [3.63, 3.8) is 0 Å². The molecule has 1 aliphatic heterocycles. The van der Waals surface area contributed by atoms with Gasteiger partial charge < -0.3 is 9.80 Å². The van der Waals surface area contributed by atoms with Crippen LogP contribution in [0.2, 0.25) is 0 Å². The van der Waals surface area contributed by atoms with Crippen molar-refractivity contribution < 1.29 is 4.39 Å². The van der Waals surface area contributed by atoms with E-state index < -0.39 is 0 Å². The van der Waals surface area contributed by atoms with E-state index in [1.807, 2.05) is 24.4 Å². The number of hydrogen-bond donors (Lipinski definition) is 0. The number of likely N-dealkylation sites (N-methyl/N-ethyl adjacent to an activating group) is 1. The third-order valence-electron chi connectivity index (χ3n) is 5.26. The van der Waals surface area contributed by atoms with Crippen LogP contribution in [0.1, 0.15) is 5.56 Å². The molecule has 0 saturated heterocycles. The average Bonchev–Trinajstić information content (AvgIpc) is 3.11. The van der Waals surface area contributed by atoms with Crippen molar-refractivity contribution in [2.45, 2.75) is 6.54 Å². The van der Waals surface area contributed by atoms with E-state index in [1.54, 1.807) is 10.8 Å². The first-order valence-corrected chi connectivity index (χ1v) is 9.32. The molecule has 0 fully saturated rings. The second-order valence-corrected chi connectivity index (χ2v) is 7.19. The minimum absolute atomic E-state index is 0.213. The summed E-state index contributed by atoms with van der Waals surface area (Å²) in [5, 5.41) is 4.24. The monoisotopic (exact) mass is 373 g/mol. The SMILES string of the molecule is CN1CCN(c2ccc(F)cc2)c2ccc(-c3ccc4ncnn4c3)cc2C1. The topological polar surface area (TPSA) is 36.7 Å². The number of fused-ring (bicyclic) bond motifs is 2. The van der Waals surface area contributed by atoms with Gasteiger partial charge in [0.1, 0.15) is 12.1 Å². The van der Waals surface area contributed by atoms with Crippen LogP contribution in [0.25, 0.3) is 16.8 Å². The van der Waals surface area contributed by atoms with Crippen LogP contribution in [0, 0.1) is 5.82 Å². The molecule has 5 rings (SSSR count). The Bertz CT molecular complexity index is 1140. The fourth-order valence-electron chi connectivity index (χ4n) is 3.79. The molecule has 0 spiro atoms. The van der Waals surface area contributed by atoms with E-state index in [2.05, 4.69) is 51.2 Å². The van der Waals surface area contributed by atoms with Crippen molar-refractivity contribution in [1.82, 2.24) is 19.5 Å². The Hall–Kier alpha value is -3.25. The molecule has 0 saturated carbocycles. The molecule has 1 aliphatic rings. The lowest BCUT2D eigenvalue weighted by Crippen LogP contribution is -2.26. The van der Waals surface area contributed by atoms with Gasteiger partial charge in [-0.2, -0.15) is 5.10 Å². The molecule has 2 aromatic heterocycles. The summed E-state index contributed by atoms with van der Waals surface area (Å²) in [5.41, 5.74) is 6.50. The quantitative estimate of drug-likeness (QED) is 0.530. The highest BCUT2D eigenvalue weighted by atomic mass is 19.1. The molecule has 28 heavy (non-hydrogen) atoms. The van der Waals surface area contributed by atoms with Gasteiger partial charge in [-0.25, -0.2) is 13.9 Å². The number of hydrogen-bond acceptors (Lipinski definition) is 4. The predicted octanol–water partition coefficient (Wildman–Crippen LogP) is 4.12. The van der Waals surface area contributed by atoms with Crippen LogP contribution in [-0.4, -0.2) is 39.6 Å². The largest absolute Gasteiger partial charge is 0.340 e. The van der Waals surface area contributed by atoms with E-state index in [0.717, 1.165) is 42.1 Å². The second-order valence-electron chi connectivity index (χ2n) is 7.19. The number of pyridine rings is 1. The summed E-state index contributed by atoms with van der Waals surface area (Å²) in [4.78, 5) is 8.79. The first-order valence-electron chi connectivity index (χ1n) is 9.32. The van der Waals surface area contributed by atoms with Crippen LogP contribution in [-0.2, 0) is 6.54 Å². The van der Waals surface area contributed by atoms with Gasteiger partial charge in [-0.05, 0) is 66.7 Å². The minimum Gasteiger partial charge on any atom is -0.340 e. The first kappa shape index (κ1) is 16.9. The molecular formula is C22H20FN5. The van der Waals surface area contributed by atoms with Crippen molar-refractivity contribution >= 4 is 17.0 Å². The van der Waals surface area contributed by atoms with Crippen LogP contribution in [0.3, 0.4) is 0 Å². The molecule has 140 valence electrons. The normalized spacial score (nSPS) is 14.9. The Morgan fingerprint density at radius 2 is 1.75 bits per heavy atom. The van der Waals surface area contributed by atoms with E-state index in [1.165, 1.54) is 23.4 Å². The summed E-state index contributed by atoms with van der Waals surface area (Å²) in [6.45, 7) is 2.66. The molecule has 3 heterocycles. The summed E-state index contributed by atoms with van der Waals surface area (Å²) in [6, 6.07) is 17.3. The third kappa shape index (κ3) is 3.01. The number of anilines is 2. The molecule has 5 nitrogen and oxygen atoms in total. The molecule has 0 unspecified atom stereocenters. The van der Waals surface area contributed by atoms with E-state index in [9.17, 15) is 4.39 Å². The fourth-order valence-corrected chi connectivity index (χ4v) is 3.79. The molecule has 0 aliphatic carbocycles. The summed E-state index contributed by atoms with van der Waals surface area (Å²) in [5.74, 6) is -0.213. The van der Waals surface area contributed by atoms with Crippen molar-refractivity contribution in [2.24, 2.45) is 0 Å². The Kier molecular flexibility index (Phi) is 4.06. The molecule has 0 amide bonds. The summed E-state index contributed by atoms with van der Waals surface area (Å²) in [7, 11) is 2.13. The Labute approximate surface area is 162 Å². The van der Waals surface area contributed by atoms with Gasteiger partial charge >= 0.3 is 0 Å². The number of halogens is 1. The maximum atomic E-state index is 13.4. The van der Waals surface area contributed by atoms with Crippen molar-refractivity contribution in [2.75, 3.05) is 25.0 Å². The highest BCUT2D eigenvalue weighted by Gasteiger charge is 2.20. The highest BCUT2D eigenvalue weighted by Crippen LogP contribution is 2.34. The molecule has 0 bridgehead atoms. The van der Waals surface area contributed by atoms with Gasteiger partial charge in [-0.15, -0.1) is 0 Å². The maximum absolute atomic E-state index is 13.4. The van der Waals surface area contributed by atoms with Crippen LogP contribution >= 0.6 is 0 Å². The van der Waals surface area contributed by atoms with Crippen LogP contribution in [0.15, 0.2) is 67.1 Å². The van der Waals surface area contributed by atoms with E-state index in [0.29, 0.717) is 0 Å². The predicted molar refractivity (Wildman–Crippen MR) is 108 cm³/mol. The smallest absolute Gasteiger partial charge is 0.155 e. The highest BCUT2D eigenvalue weighted by molar-refractivity contribution is 5.73. The lowest BCUT2D eigenvalue weighted by molar-refractivity contribution is 0.343. The van der Waals surface area contributed by atoms with Gasteiger partial charge in [0.15, 0.2) is 5.65 Å². The summed E-state index contributed by atoms with van der Waals surface area (Å²) < 4.78 is 15.2. The van der Waals surface area contributed by atoms with Gasteiger partial charge in [0.25, 0.3) is 0 Å². The van der Waals surface area contributed by atoms with Crippen molar-refractivity contribution in [3.05, 3.63) is 78.5 Å². The van der Waals surface area contributed by atoms with Crippen molar-refractivity contribution in [1.29, 1.82) is 0 Å². The Morgan fingerprint density at radius 3 is 2.61 bits per heavy atom. The Morgan fingerprint density at radius 1 is 0.929 bits per heavy atom. The van der Waals surface area contributed by atoms with Gasteiger partial charge in [-0.3, -0.25) is 0 Å². The van der Waals surface area contributed by atoms with Crippen LogP contribution in [0.5, 0.6) is 0 Å². The zero-order valence-corrected chi connectivity index (χ0v) is 15.6. The first-order chi connectivity index (χ1) is 13.7. The van der Waals surface area contributed by atoms with Crippen molar-refractivity contribution in [3.8, 4) is 11.1 Å². The maximum Gasteiger partial charge on any atom is 0.155 e. The number of rotatable bonds is 2. The summed E-state index contributed by atoms with van der Waals surface area (Å²) in [6.07, 6.45) is 3.56. The van der Waals surface area contributed by atoms with Crippen LogP contribution in [0.4, 0.5) is 15.8 Å². The Balaban J connectivity index is 1.58. The molecule has 4 aromatic rings. The second kappa shape index (κ2) is 6.73. The van der Waals surface area contributed by atoms with E-state index in [4.69, 9.17) is 0 Å². The fraction of sp³-hybridized carbons (Fsp3) is 0.182. The number of aromatic nitrogens is 3. The zero-order valence-electron chi connectivity index (χ0n) is 15.6. The molecule has 0 radical (unpaired) electrons. The van der Waals surface area contributed by atoms with E-state index >= 15 is 0 Å². The standard InChI is InChI=1S/C22H20FN5/c1-26-10-11-27(20-6-4-19(23)5-7-20)21-8-2-16(12-18(21)13-26)17-3-9-22-24-15-25-28(22)14-17/h2-9,12,14-15H,10-11,13H2,1H3. The zero-order chi connectivity index (χ0) is 19.1. The van der Waals surface area contributed by atoms with Crippen LogP contribution < -0.4 is 4.90 Å².